The van der Waals surface area contributed by atoms with E-state index in [1.807, 2.05) is 0 Å². The van der Waals surface area contributed by atoms with Gasteiger partial charge >= 0.3 is 0 Å². The van der Waals surface area contributed by atoms with Gasteiger partial charge in [0.2, 0.25) is 0 Å². The van der Waals surface area contributed by atoms with E-state index >= 15 is 0 Å². The van der Waals surface area contributed by atoms with Gasteiger partial charge in [0.1, 0.15) is 23.4 Å². The Balaban J connectivity index is 1.68. The number of hydrogen-bond acceptors (Lipinski definition) is 3. The predicted octanol–water partition coefficient (Wildman–Crippen LogP) is 6.14. The lowest BCUT2D eigenvalue weighted by molar-refractivity contribution is -0.184. The van der Waals surface area contributed by atoms with E-state index in [0.29, 0.717) is 0 Å². The van der Waals surface area contributed by atoms with Crippen LogP contribution in [-0.4, -0.2) is 36.6 Å². The Kier molecular flexibility index (Phi) is 7.47. The van der Waals surface area contributed by atoms with Crippen LogP contribution in [0.4, 0.5) is 0 Å². The van der Waals surface area contributed by atoms with Gasteiger partial charge in [0.05, 0.1) is 13.2 Å². The molecular formula is C28H38O3. The van der Waals surface area contributed by atoms with E-state index in [9.17, 15) is 0 Å². The lowest BCUT2D eigenvalue weighted by Gasteiger charge is -2.44. The molecule has 4 atom stereocenters. The van der Waals surface area contributed by atoms with Gasteiger partial charge in [-0.3, -0.25) is 0 Å². The number of epoxide rings is 2. The molecule has 3 heteroatoms. The summed E-state index contributed by atoms with van der Waals surface area (Å²) in [4.78, 5) is 0. The molecule has 2 aliphatic heterocycles. The average molecular weight is 423 g/mol. The Labute approximate surface area is 188 Å². The van der Waals surface area contributed by atoms with Crippen LogP contribution in [0.3, 0.4) is 0 Å². The molecule has 4 rings (SSSR count). The highest BCUT2D eigenvalue weighted by molar-refractivity contribution is 5.22. The molecule has 0 spiro atoms. The number of benzene rings is 2. The van der Waals surface area contributed by atoms with Gasteiger partial charge in [-0.2, -0.15) is 0 Å². The molecule has 2 fully saturated rings. The van der Waals surface area contributed by atoms with Crippen LogP contribution < -0.4 is 0 Å². The normalized spacial score (nSPS) is 23.7. The third kappa shape index (κ3) is 5.77. The highest BCUT2D eigenvalue weighted by Crippen LogP contribution is 2.45. The van der Waals surface area contributed by atoms with Crippen LogP contribution in [0.15, 0.2) is 60.7 Å². The first-order chi connectivity index (χ1) is 15.2. The zero-order valence-corrected chi connectivity index (χ0v) is 19.2. The number of hydrogen-bond donors (Lipinski definition) is 0. The van der Waals surface area contributed by atoms with Gasteiger partial charge in [0, 0.05) is 12.8 Å². The van der Waals surface area contributed by atoms with E-state index in [0.717, 1.165) is 64.6 Å². The summed E-state index contributed by atoms with van der Waals surface area (Å²) in [5.41, 5.74) is 2.06. The maximum atomic E-state index is 7.44. The highest BCUT2D eigenvalue weighted by atomic mass is 16.6. The Morgan fingerprint density at radius 3 is 1.42 bits per heavy atom. The molecule has 0 bridgehead atoms. The largest absolute Gasteiger partial charge is 0.370 e. The summed E-state index contributed by atoms with van der Waals surface area (Å²) in [6.45, 7) is 6.13. The fourth-order valence-corrected chi connectivity index (χ4v) is 4.98. The first-order valence-electron chi connectivity index (χ1n) is 12.2. The molecule has 0 radical (unpaired) electrons. The fourth-order valence-electron chi connectivity index (χ4n) is 4.98. The second kappa shape index (κ2) is 10.3. The molecule has 4 unspecified atom stereocenters. The van der Waals surface area contributed by atoms with Gasteiger partial charge in [0.15, 0.2) is 0 Å². The molecule has 0 aromatic heterocycles. The summed E-state index contributed by atoms with van der Waals surface area (Å²) in [6.07, 6.45) is 8.81. The average Bonchev–Trinajstić information content (AvgIpc) is 3.69. The van der Waals surface area contributed by atoms with Gasteiger partial charge in [-0.25, -0.2) is 0 Å². The first-order valence-corrected chi connectivity index (χ1v) is 12.2. The smallest absolute Gasteiger partial charge is 0.110 e. The molecule has 0 saturated carbocycles. The van der Waals surface area contributed by atoms with Crippen LogP contribution in [0.5, 0.6) is 0 Å². The quantitative estimate of drug-likeness (QED) is 0.343. The van der Waals surface area contributed by atoms with Crippen molar-refractivity contribution in [1.29, 1.82) is 0 Å². The van der Waals surface area contributed by atoms with Crippen LogP contribution >= 0.6 is 0 Å². The van der Waals surface area contributed by atoms with Gasteiger partial charge < -0.3 is 14.2 Å². The summed E-state index contributed by atoms with van der Waals surface area (Å²) in [7, 11) is 0. The molecule has 2 aliphatic rings. The van der Waals surface area contributed by atoms with Crippen molar-refractivity contribution in [1.82, 2.24) is 0 Å². The molecule has 0 amide bonds. The van der Waals surface area contributed by atoms with Crippen LogP contribution in [0.1, 0.15) is 63.5 Å². The maximum Gasteiger partial charge on any atom is 0.110 e. The molecule has 0 N–H and O–H groups in total. The van der Waals surface area contributed by atoms with Gasteiger partial charge in [-0.05, 0) is 24.0 Å². The van der Waals surface area contributed by atoms with Gasteiger partial charge in [0.25, 0.3) is 0 Å². The van der Waals surface area contributed by atoms with Crippen molar-refractivity contribution in [2.24, 2.45) is 0 Å². The summed E-state index contributed by atoms with van der Waals surface area (Å²) < 4.78 is 19.4. The van der Waals surface area contributed by atoms with Crippen molar-refractivity contribution in [2.75, 3.05) is 13.2 Å². The van der Waals surface area contributed by atoms with Crippen molar-refractivity contribution in [3.63, 3.8) is 0 Å². The Hall–Kier alpha value is -1.68. The molecule has 3 nitrogen and oxygen atoms in total. The van der Waals surface area contributed by atoms with E-state index in [1.165, 1.54) is 11.1 Å². The summed E-state index contributed by atoms with van der Waals surface area (Å²) >= 11 is 0. The zero-order valence-electron chi connectivity index (χ0n) is 19.2. The highest BCUT2D eigenvalue weighted by Gasteiger charge is 2.56. The van der Waals surface area contributed by atoms with Crippen LogP contribution in [0.2, 0.25) is 0 Å². The number of unbranched alkanes of at least 4 members (excludes halogenated alkanes) is 2. The number of rotatable bonds is 14. The van der Waals surface area contributed by atoms with Gasteiger partial charge in [-0.15, -0.1) is 0 Å². The molecule has 2 aromatic rings. The van der Waals surface area contributed by atoms with E-state index in [4.69, 9.17) is 14.2 Å². The van der Waals surface area contributed by atoms with Gasteiger partial charge in [-0.1, -0.05) is 100 Å². The minimum Gasteiger partial charge on any atom is -0.370 e. The molecule has 31 heavy (non-hydrogen) atoms. The van der Waals surface area contributed by atoms with E-state index in [1.54, 1.807) is 0 Å². The lowest BCUT2D eigenvalue weighted by atomic mass is 9.81. The van der Waals surface area contributed by atoms with Crippen molar-refractivity contribution in [3.05, 3.63) is 71.8 Å². The van der Waals surface area contributed by atoms with Crippen LogP contribution in [-0.2, 0) is 27.1 Å². The Morgan fingerprint density at radius 2 is 1.10 bits per heavy atom. The second-order valence-electron chi connectivity index (χ2n) is 9.41. The van der Waals surface area contributed by atoms with Crippen molar-refractivity contribution >= 4 is 0 Å². The van der Waals surface area contributed by atoms with Crippen molar-refractivity contribution < 1.29 is 14.2 Å². The Bertz CT molecular complexity index is 717. The SMILES string of the molecule is CCCCC(Cc1ccccc1)(OC(CCCC)(Cc1ccccc1)C1CO1)C1CO1. The summed E-state index contributed by atoms with van der Waals surface area (Å²) in [6, 6.07) is 21.6. The molecule has 2 saturated heterocycles. The minimum atomic E-state index is -0.300. The molecule has 0 aliphatic carbocycles. The maximum absolute atomic E-state index is 7.44. The van der Waals surface area contributed by atoms with Crippen LogP contribution in [0, 0.1) is 0 Å². The first kappa shape index (κ1) is 22.5. The van der Waals surface area contributed by atoms with E-state index < -0.39 is 0 Å². The topological polar surface area (TPSA) is 34.3 Å². The monoisotopic (exact) mass is 422 g/mol. The third-order valence-electron chi connectivity index (χ3n) is 6.85. The molecule has 2 heterocycles. The fraction of sp³-hybridized carbons (Fsp3) is 0.571. The van der Waals surface area contributed by atoms with Crippen molar-refractivity contribution in [3.8, 4) is 0 Å². The molecule has 2 aromatic carbocycles. The molecule has 168 valence electrons. The number of ether oxygens (including phenoxy) is 3. The lowest BCUT2D eigenvalue weighted by Crippen LogP contribution is -2.53. The minimum absolute atomic E-state index is 0.176. The third-order valence-corrected chi connectivity index (χ3v) is 6.85. The molecular weight excluding hydrogens is 384 g/mol. The van der Waals surface area contributed by atoms with Crippen LogP contribution in [0.25, 0.3) is 0 Å². The van der Waals surface area contributed by atoms with E-state index in [2.05, 4.69) is 74.5 Å². The standard InChI is InChI=1S/C28H38O3/c1-3-5-17-27(25-21-29-25,19-23-13-9-7-10-14-23)31-28(18-6-4-2,26-22-30-26)20-24-15-11-8-12-16-24/h7-16,25-26H,3-6,17-22H2,1-2H3. The predicted molar refractivity (Wildman–Crippen MR) is 125 cm³/mol. The van der Waals surface area contributed by atoms with Crippen molar-refractivity contribution in [2.45, 2.75) is 88.6 Å². The Morgan fingerprint density at radius 1 is 0.710 bits per heavy atom. The second-order valence-corrected chi connectivity index (χ2v) is 9.41. The van der Waals surface area contributed by atoms with E-state index in [-0.39, 0.29) is 23.4 Å². The summed E-state index contributed by atoms with van der Waals surface area (Å²) in [5.74, 6) is 0. The summed E-state index contributed by atoms with van der Waals surface area (Å²) in [5, 5.41) is 0. The zero-order chi connectivity index (χ0) is 21.6.